The smallest absolute Gasteiger partial charge is 0.262 e. The van der Waals surface area contributed by atoms with E-state index in [9.17, 15) is 4.79 Å². The van der Waals surface area contributed by atoms with Gasteiger partial charge in [0.2, 0.25) is 0 Å². The summed E-state index contributed by atoms with van der Waals surface area (Å²) in [5.41, 5.74) is 1.75. The molecule has 0 saturated carbocycles. The second kappa shape index (κ2) is 8.58. The van der Waals surface area contributed by atoms with Crippen LogP contribution in [0.15, 0.2) is 46.9 Å². The van der Waals surface area contributed by atoms with Crippen molar-refractivity contribution in [3.63, 3.8) is 0 Å². The summed E-state index contributed by atoms with van der Waals surface area (Å²) in [4.78, 5) is 12.0. The first kappa shape index (κ1) is 17.3. The first-order valence-corrected chi connectivity index (χ1v) is 8.29. The van der Waals surface area contributed by atoms with Gasteiger partial charge in [-0.3, -0.25) is 4.79 Å². The van der Waals surface area contributed by atoms with Crippen LogP contribution in [-0.4, -0.2) is 19.1 Å². The number of carbonyl (C=O) groups excluding carboxylic acids is 1. The highest BCUT2D eigenvalue weighted by Crippen LogP contribution is 2.22. The Labute approximate surface area is 144 Å². The molecule has 0 unspecified atom stereocenters. The Balaban J connectivity index is 1.88. The van der Waals surface area contributed by atoms with E-state index in [-0.39, 0.29) is 12.5 Å². The minimum atomic E-state index is -0.210. The first-order valence-electron chi connectivity index (χ1n) is 7.50. The molecule has 2 rings (SSSR count). The van der Waals surface area contributed by atoms with Crippen molar-refractivity contribution in [2.24, 2.45) is 0 Å². The van der Waals surface area contributed by atoms with Crippen molar-refractivity contribution in [1.29, 1.82) is 0 Å². The SMILES string of the molecule is CCCOc1cccc(NC(=O)COc2ccc(Br)c(C)c2)c1. The second-order valence-corrected chi connectivity index (χ2v) is 5.98. The van der Waals surface area contributed by atoms with E-state index in [1.165, 1.54) is 0 Å². The molecule has 5 heteroatoms. The molecule has 0 heterocycles. The number of halogens is 1. The van der Waals surface area contributed by atoms with Gasteiger partial charge in [-0.05, 0) is 49.2 Å². The molecule has 2 aromatic carbocycles. The van der Waals surface area contributed by atoms with E-state index in [4.69, 9.17) is 9.47 Å². The van der Waals surface area contributed by atoms with Crippen LogP contribution in [0.4, 0.5) is 5.69 Å². The lowest BCUT2D eigenvalue weighted by Gasteiger charge is -2.10. The summed E-state index contributed by atoms with van der Waals surface area (Å²) in [6.45, 7) is 4.64. The highest BCUT2D eigenvalue weighted by atomic mass is 79.9. The van der Waals surface area contributed by atoms with Gasteiger partial charge in [-0.2, -0.15) is 0 Å². The van der Waals surface area contributed by atoms with Gasteiger partial charge in [0.15, 0.2) is 6.61 Å². The van der Waals surface area contributed by atoms with E-state index < -0.39 is 0 Å². The van der Waals surface area contributed by atoms with E-state index in [1.807, 2.05) is 50.2 Å². The van der Waals surface area contributed by atoms with E-state index in [0.29, 0.717) is 18.0 Å². The molecule has 0 aliphatic rings. The fourth-order valence-corrected chi connectivity index (χ4v) is 2.18. The zero-order valence-corrected chi connectivity index (χ0v) is 14.9. The molecule has 0 aromatic heterocycles. The third-order valence-electron chi connectivity index (χ3n) is 3.09. The summed E-state index contributed by atoms with van der Waals surface area (Å²) in [6.07, 6.45) is 0.942. The average Bonchev–Trinajstić information content (AvgIpc) is 2.54. The summed E-state index contributed by atoms with van der Waals surface area (Å²) in [7, 11) is 0. The molecule has 0 spiro atoms. The van der Waals surface area contributed by atoms with Crippen LogP contribution in [0.5, 0.6) is 11.5 Å². The van der Waals surface area contributed by atoms with Gasteiger partial charge in [0, 0.05) is 16.2 Å². The monoisotopic (exact) mass is 377 g/mol. The van der Waals surface area contributed by atoms with Crippen LogP contribution in [0.3, 0.4) is 0 Å². The van der Waals surface area contributed by atoms with Crippen LogP contribution in [0.25, 0.3) is 0 Å². The van der Waals surface area contributed by atoms with Crippen LogP contribution < -0.4 is 14.8 Å². The molecular formula is C18H20BrNO3. The quantitative estimate of drug-likeness (QED) is 0.768. The maximum Gasteiger partial charge on any atom is 0.262 e. The number of hydrogen-bond acceptors (Lipinski definition) is 3. The van der Waals surface area contributed by atoms with Gasteiger partial charge in [-0.25, -0.2) is 0 Å². The predicted octanol–water partition coefficient (Wildman–Crippen LogP) is 4.56. The Morgan fingerprint density at radius 1 is 1.13 bits per heavy atom. The van der Waals surface area contributed by atoms with Gasteiger partial charge in [0.1, 0.15) is 11.5 Å². The number of hydrogen-bond donors (Lipinski definition) is 1. The van der Waals surface area contributed by atoms with Crippen molar-refractivity contribution >= 4 is 27.5 Å². The third kappa shape index (κ3) is 5.60. The predicted molar refractivity (Wildman–Crippen MR) is 95.2 cm³/mol. The minimum Gasteiger partial charge on any atom is -0.494 e. The number of ether oxygens (including phenoxy) is 2. The number of rotatable bonds is 7. The third-order valence-corrected chi connectivity index (χ3v) is 3.98. The lowest BCUT2D eigenvalue weighted by molar-refractivity contribution is -0.118. The Bertz CT molecular complexity index is 673. The van der Waals surface area contributed by atoms with Gasteiger partial charge in [0.05, 0.1) is 6.61 Å². The Hall–Kier alpha value is -2.01. The summed E-state index contributed by atoms with van der Waals surface area (Å²) in [5.74, 6) is 1.20. The number of amides is 1. The maximum absolute atomic E-state index is 12.0. The highest BCUT2D eigenvalue weighted by molar-refractivity contribution is 9.10. The van der Waals surface area contributed by atoms with Crippen LogP contribution in [-0.2, 0) is 4.79 Å². The number of nitrogens with one attached hydrogen (secondary N) is 1. The summed E-state index contributed by atoms with van der Waals surface area (Å²) < 4.78 is 12.1. The number of benzene rings is 2. The van der Waals surface area contributed by atoms with Gasteiger partial charge < -0.3 is 14.8 Å². The Morgan fingerprint density at radius 2 is 1.91 bits per heavy atom. The standard InChI is InChI=1S/C18H20BrNO3/c1-3-9-22-15-6-4-5-14(11-15)20-18(21)12-23-16-7-8-17(19)13(2)10-16/h4-8,10-11H,3,9,12H2,1-2H3,(H,20,21). The largest absolute Gasteiger partial charge is 0.494 e. The lowest BCUT2D eigenvalue weighted by Crippen LogP contribution is -2.20. The van der Waals surface area contributed by atoms with Crippen LogP contribution >= 0.6 is 15.9 Å². The maximum atomic E-state index is 12.0. The van der Waals surface area contributed by atoms with E-state index in [0.717, 1.165) is 22.2 Å². The number of anilines is 1. The van der Waals surface area contributed by atoms with Crippen molar-refractivity contribution < 1.29 is 14.3 Å². The minimum absolute atomic E-state index is 0.0406. The molecule has 4 nitrogen and oxygen atoms in total. The number of carbonyl (C=O) groups is 1. The molecule has 1 amide bonds. The zero-order chi connectivity index (χ0) is 16.7. The Kier molecular flexibility index (Phi) is 6.47. The normalized spacial score (nSPS) is 10.2. The van der Waals surface area contributed by atoms with Crippen LogP contribution in [0.1, 0.15) is 18.9 Å². The summed E-state index contributed by atoms with van der Waals surface area (Å²) >= 11 is 3.43. The van der Waals surface area contributed by atoms with Crippen molar-refractivity contribution in [2.75, 3.05) is 18.5 Å². The molecule has 0 bridgehead atoms. The van der Waals surface area contributed by atoms with Gasteiger partial charge in [0.25, 0.3) is 5.91 Å². The van der Waals surface area contributed by atoms with Gasteiger partial charge in [-0.15, -0.1) is 0 Å². The van der Waals surface area contributed by atoms with Crippen molar-refractivity contribution in [3.8, 4) is 11.5 Å². The molecule has 0 aliphatic carbocycles. The number of aryl methyl sites for hydroxylation is 1. The fraction of sp³-hybridized carbons (Fsp3) is 0.278. The highest BCUT2D eigenvalue weighted by Gasteiger charge is 2.06. The Morgan fingerprint density at radius 3 is 2.65 bits per heavy atom. The second-order valence-electron chi connectivity index (χ2n) is 5.12. The molecule has 0 saturated heterocycles. The van der Waals surface area contributed by atoms with Gasteiger partial charge in [-0.1, -0.05) is 28.9 Å². The topological polar surface area (TPSA) is 47.6 Å². The van der Waals surface area contributed by atoms with E-state index in [2.05, 4.69) is 21.2 Å². The molecule has 23 heavy (non-hydrogen) atoms. The summed E-state index contributed by atoms with van der Waals surface area (Å²) in [5, 5.41) is 2.80. The van der Waals surface area contributed by atoms with E-state index in [1.54, 1.807) is 6.07 Å². The molecule has 2 aromatic rings. The van der Waals surface area contributed by atoms with Crippen LogP contribution in [0, 0.1) is 6.92 Å². The zero-order valence-electron chi connectivity index (χ0n) is 13.3. The van der Waals surface area contributed by atoms with Crippen LogP contribution in [0.2, 0.25) is 0 Å². The fourth-order valence-electron chi connectivity index (χ4n) is 1.94. The molecule has 1 N–H and O–H groups in total. The molecule has 0 aliphatic heterocycles. The van der Waals surface area contributed by atoms with Gasteiger partial charge >= 0.3 is 0 Å². The first-order chi connectivity index (χ1) is 11.1. The lowest BCUT2D eigenvalue weighted by atomic mass is 10.2. The summed E-state index contributed by atoms with van der Waals surface area (Å²) in [6, 6.07) is 12.9. The van der Waals surface area contributed by atoms with Crippen molar-refractivity contribution in [1.82, 2.24) is 0 Å². The molecule has 122 valence electrons. The van der Waals surface area contributed by atoms with Crippen molar-refractivity contribution in [3.05, 3.63) is 52.5 Å². The average molecular weight is 378 g/mol. The van der Waals surface area contributed by atoms with E-state index >= 15 is 0 Å². The van der Waals surface area contributed by atoms with Crippen molar-refractivity contribution in [2.45, 2.75) is 20.3 Å². The molecule has 0 radical (unpaired) electrons. The molecule has 0 fully saturated rings. The molecule has 0 atom stereocenters. The molecular weight excluding hydrogens is 358 g/mol.